The summed E-state index contributed by atoms with van der Waals surface area (Å²) in [6.45, 7) is 7.40. The van der Waals surface area contributed by atoms with Crippen LogP contribution in [-0.4, -0.2) is 52.1 Å². The monoisotopic (exact) mass is 350 g/mol. The molecule has 1 aliphatic heterocycles. The third kappa shape index (κ3) is 4.14. The number of benzene rings is 1. The van der Waals surface area contributed by atoms with Crippen molar-refractivity contribution < 1.29 is 24.4 Å². The van der Waals surface area contributed by atoms with Crippen molar-refractivity contribution in [2.45, 2.75) is 45.3 Å². The fourth-order valence-electron chi connectivity index (χ4n) is 2.89. The van der Waals surface area contributed by atoms with Crippen LogP contribution in [0.4, 0.5) is 5.69 Å². The second-order valence-electron chi connectivity index (χ2n) is 7.22. The minimum Gasteiger partial charge on any atom is -0.479 e. The van der Waals surface area contributed by atoms with Gasteiger partial charge in [-0.1, -0.05) is 26.8 Å². The zero-order valence-electron chi connectivity index (χ0n) is 14.7. The predicted molar refractivity (Wildman–Crippen MR) is 89.7 cm³/mol. The highest BCUT2D eigenvalue weighted by Gasteiger charge is 2.34. The van der Waals surface area contributed by atoms with E-state index in [1.807, 2.05) is 20.8 Å². The molecule has 1 unspecified atom stereocenters. The van der Waals surface area contributed by atoms with E-state index >= 15 is 0 Å². The summed E-state index contributed by atoms with van der Waals surface area (Å²) in [6, 6.07) is 4.40. The Hall–Kier alpha value is -2.48. The smallest absolute Gasteiger partial charge is 0.334 e. The number of aliphatic carboxylic acids is 1. The van der Waals surface area contributed by atoms with E-state index in [2.05, 4.69) is 0 Å². The molecule has 0 bridgehead atoms. The lowest BCUT2D eigenvalue weighted by Crippen LogP contribution is -2.51. The van der Waals surface area contributed by atoms with Crippen molar-refractivity contribution >= 4 is 17.6 Å². The maximum Gasteiger partial charge on any atom is 0.334 e. The summed E-state index contributed by atoms with van der Waals surface area (Å²) in [5, 5.41) is 20.5. The van der Waals surface area contributed by atoms with E-state index in [9.17, 15) is 19.7 Å². The molecule has 8 heteroatoms. The zero-order valence-corrected chi connectivity index (χ0v) is 14.7. The fourth-order valence-corrected chi connectivity index (χ4v) is 2.89. The molecule has 136 valence electrons. The number of carbonyl (C=O) groups excluding carboxylic acids is 1. The van der Waals surface area contributed by atoms with Crippen molar-refractivity contribution in [2.24, 2.45) is 0 Å². The Labute approximate surface area is 145 Å². The van der Waals surface area contributed by atoms with Crippen LogP contribution in [0.2, 0.25) is 0 Å². The normalized spacial score (nSPS) is 21.0. The van der Waals surface area contributed by atoms with E-state index in [1.165, 1.54) is 11.0 Å². The topological polar surface area (TPSA) is 110 Å². The molecule has 0 saturated carbocycles. The standard InChI is InChI=1S/C17H22N2O6/c1-10-8-18(9-14(25-10)16(21)22)15(20)11-5-6-12(17(2,3)4)13(7-11)19(23)24/h5-7,10,14H,8-9H2,1-4H3,(H,21,22)/t10-,14?/m1/s1. The van der Waals surface area contributed by atoms with E-state index in [1.54, 1.807) is 19.1 Å². The Balaban J connectivity index is 2.34. The molecule has 0 aromatic heterocycles. The van der Waals surface area contributed by atoms with Crippen molar-refractivity contribution in [1.29, 1.82) is 0 Å². The van der Waals surface area contributed by atoms with Gasteiger partial charge in [0.1, 0.15) is 0 Å². The number of amides is 1. The number of ether oxygens (including phenoxy) is 1. The Morgan fingerprint density at radius 2 is 1.96 bits per heavy atom. The highest BCUT2D eigenvalue weighted by molar-refractivity contribution is 5.95. The Morgan fingerprint density at radius 1 is 1.32 bits per heavy atom. The summed E-state index contributed by atoms with van der Waals surface area (Å²) in [6.07, 6.45) is -1.53. The molecule has 0 aliphatic carbocycles. The number of rotatable bonds is 3. The lowest BCUT2D eigenvalue weighted by Gasteiger charge is -2.35. The molecule has 2 rings (SSSR count). The number of morpholine rings is 1. The zero-order chi connectivity index (χ0) is 18.9. The third-order valence-electron chi connectivity index (χ3n) is 4.07. The van der Waals surface area contributed by atoms with E-state index in [-0.39, 0.29) is 24.3 Å². The van der Waals surface area contributed by atoms with E-state index < -0.39 is 34.4 Å². The fraction of sp³-hybridized carbons (Fsp3) is 0.529. The summed E-state index contributed by atoms with van der Waals surface area (Å²) in [5.74, 6) is -1.58. The van der Waals surface area contributed by atoms with Gasteiger partial charge >= 0.3 is 5.97 Å². The molecular weight excluding hydrogens is 328 g/mol. The molecule has 25 heavy (non-hydrogen) atoms. The lowest BCUT2D eigenvalue weighted by atomic mass is 9.85. The Kier molecular flexibility index (Phi) is 5.12. The van der Waals surface area contributed by atoms with Crippen LogP contribution in [0.3, 0.4) is 0 Å². The molecule has 1 amide bonds. The number of carbonyl (C=O) groups is 2. The van der Waals surface area contributed by atoms with Gasteiger partial charge in [-0.25, -0.2) is 4.79 Å². The second kappa shape index (κ2) is 6.79. The summed E-state index contributed by atoms with van der Waals surface area (Å²) >= 11 is 0. The molecule has 1 saturated heterocycles. The molecule has 1 aromatic rings. The largest absolute Gasteiger partial charge is 0.479 e. The second-order valence-corrected chi connectivity index (χ2v) is 7.22. The number of carboxylic acid groups (broad SMARTS) is 1. The summed E-state index contributed by atoms with van der Waals surface area (Å²) < 4.78 is 5.29. The molecule has 1 fully saturated rings. The maximum atomic E-state index is 12.7. The van der Waals surface area contributed by atoms with Crippen molar-refractivity contribution in [2.75, 3.05) is 13.1 Å². The minimum atomic E-state index is -1.14. The quantitative estimate of drug-likeness (QED) is 0.661. The van der Waals surface area contributed by atoms with Crippen LogP contribution in [-0.2, 0) is 14.9 Å². The van der Waals surface area contributed by atoms with Gasteiger partial charge in [0.25, 0.3) is 11.6 Å². The van der Waals surface area contributed by atoms with E-state index in [0.29, 0.717) is 5.56 Å². The SMILES string of the molecule is C[C@@H]1CN(C(=O)c2ccc(C(C)(C)C)c([N+](=O)[O-])c2)CC(C(=O)O)O1. The van der Waals surface area contributed by atoms with Crippen LogP contribution in [0.1, 0.15) is 43.6 Å². The minimum absolute atomic E-state index is 0.0900. The lowest BCUT2D eigenvalue weighted by molar-refractivity contribution is -0.386. The summed E-state index contributed by atoms with van der Waals surface area (Å²) in [7, 11) is 0. The van der Waals surface area contributed by atoms with Crippen molar-refractivity contribution in [3.63, 3.8) is 0 Å². The number of nitrogens with zero attached hydrogens (tertiary/aromatic N) is 2. The first-order valence-electron chi connectivity index (χ1n) is 7.97. The van der Waals surface area contributed by atoms with Gasteiger partial charge in [0, 0.05) is 23.7 Å². The van der Waals surface area contributed by atoms with Crippen LogP contribution >= 0.6 is 0 Å². The first-order valence-corrected chi connectivity index (χ1v) is 7.97. The van der Waals surface area contributed by atoms with Gasteiger partial charge in [-0.3, -0.25) is 14.9 Å². The highest BCUT2D eigenvalue weighted by Crippen LogP contribution is 2.32. The number of nitro benzene ring substituents is 1. The van der Waals surface area contributed by atoms with Crippen LogP contribution in [0.15, 0.2) is 18.2 Å². The van der Waals surface area contributed by atoms with Gasteiger partial charge < -0.3 is 14.7 Å². The highest BCUT2D eigenvalue weighted by atomic mass is 16.6. The van der Waals surface area contributed by atoms with Gasteiger partial charge in [-0.05, 0) is 18.4 Å². The van der Waals surface area contributed by atoms with Gasteiger partial charge in [-0.15, -0.1) is 0 Å². The molecule has 0 spiro atoms. The van der Waals surface area contributed by atoms with E-state index in [0.717, 1.165) is 0 Å². The number of nitro groups is 1. The van der Waals surface area contributed by atoms with E-state index in [4.69, 9.17) is 9.84 Å². The van der Waals surface area contributed by atoms with Crippen molar-refractivity contribution in [3.05, 3.63) is 39.4 Å². The van der Waals surface area contributed by atoms with Crippen molar-refractivity contribution in [1.82, 2.24) is 4.90 Å². The summed E-state index contributed by atoms with van der Waals surface area (Å²) in [5.41, 5.74) is 0.145. The van der Waals surface area contributed by atoms with Gasteiger partial charge in [0.2, 0.25) is 0 Å². The van der Waals surface area contributed by atoms with Crippen molar-refractivity contribution in [3.8, 4) is 0 Å². The molecule has 1 aromatic carbocycles. The molecule has 1 heterocycles. The number of hydrogen-bond acceptors (Lipinski definition) is 5. The van der Waals surface area contributed by atoms with Gasteiger partial charge in [0.05, 0.1) is 17.6 Å². The molecule has 0 radical (unpaired) electrons. The predicted octanol–water partition coefficient (Wildman–Crippen LogP) is 2.21. The summed E-state index contributed by atoms with van der Waals surface area (Å²) in [4.78, 5) is 36.1. The molecule has 1 N–H and O–H groups in total. The first-order chi connectivity index (χ1) is 11.5. The molecule has 1 aliphatic rings. The number of carboxylic acids is 1. The first kappa shape index (κ1) is 18.9. The average molecular weight is 350 g/mol. The van der Waals surface area contributed by atoms with Crippen LogP contribution in [0.5, 0.6) is 0 Å². The van der Waals surface area contributed by atoms with Gasteiger partial charge in [-0.2, -0.15) is 0 Å². The Morgan fingerprint density at radius 3 is 2.48 bits per heavy atom. The van der Waals surface area contributed by atoms with Crippen LogP contribution in [0, 0.1) is 10.1 Å². The maximum absolute atomic E-state index is 12.7. The third-order valence-corrected chi connectivity index (χ3v) is 4.07. The average Bonchev–Trinajstić information content (AvgIpc) is 2.52. The van der Waals surface area contributed by atoms with Crippen LogP contribution < -0.4 is 0 Å². The molecule has 8 nitrogen and oxygen atoms in total. The molecular formula is C17H22N2O6. The number of hydrogen-bond donors (Lipinski definition) is 1. The van der Waals surface area contributed by atoms with Crippen LogP contribution in [0.25, 0.3) is 0 Å². The Bertz CT molecular complexity index is 710. The van der Waals surface area contributed by atoms with Gasteiger partial charge in [0.15, 0.2) is 6.10 Å². The molecule has 2 atom stereocenters.